The Hall–Kier alpha value is -1.06. The van der Waals surface area contributed by atoms with Gasteiger partial charge in [-0.1, -0.05) is 49.9 Å². The van der Waals surface area contributed by atoms with Gasteiger partial charge in [0.25, 0.3) is 0 Å². The van der Waals surface area contributed by atoms with Crippen LogP contribution >= 0.6 is 11.6 Å². The van der Waals surface area contributed by atoms with E-state index in [0.29, 0.717) is 12.5 Å². The molecule has 0 bridgehead atoms. The van der Waals surface area contributed by atoms with Gasteiger partial charge in [-0.25, -0.2) is 0 Å². The SMILES string of the molecule is CC1CCN(CCN(Cc2ccc(Cl)cc2)C(=O)C2CCCCC2)CC1. The molecule has 0 spiro atoms. The van der Waals surface area contributed by atoms with Crippen molar-refractivity contribution in [2.24, 2.45) is 11.8 Å². The molecule has 2 fully saturated rings. The van der Waals surface area contributed by atoms with Crippen molar-refractivity contribution in [1.29, 1.82) is 0 Å². The van der Waals surface area contributed by atoms with E-state index < -0.39 is 0 Å². The Morgan fingerprint density at radius 2 is 1.73 bits per heavy atom. The molecule has 3 nitrogen and oxygen atoms in total. The predicted molar refractivity (Wildman–Crippen MR) is 108 cm³/mol. The van der Waals surface area contributed by atoms with Crippen molar-refractivity contribution in [3.8, 4) is 0 Å². The third-order valence-electron chi connectivity index (χ3n) is 6.12. The molecule has 3 rings (SSSR count). The fourth-order valence-corrected chi connectivity index (χ4v) is 4.36. The molecule has 1 saturated heterocycles. The largest absolute Gasteiger partial charge is 0.337 e. The average Bonchev–Trinajstić information content (AvgIpc) is 2.68. The molecule has 0 unspecified atom stereocenters. The van der Waals surface area contributed by atoms with Crippen LogP contribution in [0.1, 0.15) is 57.4 Å². The number of carbonyl (C=O) groups excluding carboxylic acids is 1. The van der Waals surface area contributed by atoms with E-state index in [1.165, 1.54) is 50.8 Å². The van der Waals surface area contributed by atoms with Crippen molar-refractivity contribution in [2.45, 2.75) is 58.4 Å². The van der Waals surface area contributed by atoms with Crippen LogP contribution in [-0.2, 0) is 11.3 Å². The van der Waals surface area contributed by atoms with Crippen LogP contribution in [0, 0.1) is 11.8 Å². The summed E-state index contributed by atoms with van der Waals surface area (Å²) in [5, 5.41) is 0.751. The molecule has 1 saturated carbocycles. The molecule has 1 aromatic rings. The summed E-state index contributed by atoms with van der Waals surface area (Å²) in [7, 11) is 0. The second-order valence-electron chi connectivity index (χ2n) is 8.25. The summed E-state index contributed by atoms with van der Waals surface area (Å²) in [5.41, 5.74) is 1.17. The van der Waals surface area contributed by atoms with Gasteiger partial charge in [0.05, 0.1) is 0 Å². The van der Waals surface area contributed by atoms with Crippen molar-refractivity contribution in [1.82, 2.24) is 9.80 Å². The summed E-state index contributed by atoms with van der Waals surface area (Å²) in [6.07, 6.45) is 8.40. The van der Waals surface area contributed by atoms with E-state index in [2.05, 4.69) is 16.7 Å². The molecule has 0 N–H and O–H groups in total. The maximum absolute atomic E-state index is 13.2. The normalized spacial score (nSPS) is 20.2. The van der Waals surface area contributed by atoms with Crippen LogP contribution in [0.15, 0.2) is 24.3 Å². The standard InChI is InChI=1S/C22H33ClN2O/c1-18-11-13-24(14-12-18)15-16-25(17-19-7-9-21(23)10-8-19)22(26)20-5-3-2-4-6-20/h7-10,18,20H,2-6,11-17H2,1H3. The molecular formula is C22H33ClN2O. The van der Waals surface area contributed by atoms with E-state index in [1.807, 2.05) is 24.3 Å². The van der Waals surface area contributed by atoms with Gasteiger partial charge in [-0.15, -0.1) is 0 Å². The Labute approximate surface area is 163 Å². The third-order valence-corrected chi connectivity index (χ3v) is 6.37. The summed E-state index contributed by atoms with van der Waals surface area (Å²) < 4.78 is 0. The Morgan fingerprint density at radius 1 is 1.08 bits per heavy atom. The van der Waals surface area contributed by atoms with E-state index in [1.54, 1.807) is 0 Å². The van der Waals surface area contributed by atoms with Crippen LogP contribution in [0.5, 0.6) is 0 Å². The van der Waals surface area contributed by atoms with Gasteiger partial charge in [0.15, 0.2) is 0 Å². The maximum atomic E-state index is 13.2. The number of halogens is 1. The molecule has 1 aromatic carbocycles. The van der Waals surface area contributed by atoms with E-state index in [4.69, 9.17) is 11.6 Å². The number of carbonyl (C=O) groups is 1. The lowest BCUT2D eigenvalue weighted by Crippen LogP contribution is -2.43. The van der Waals surface area contributed by atoms with Gasteiger partial charge in [0, 0.05) is 30.6 Å². The number of amides is 1. The molecular weight excluding hydrogens is 344 g/mol. The van der Waals surface area contributed by atoms with Crippen LogP contribution in [0.3, 0.4) is 0 Å². The summed E-state index contributed by atoms with van der Waals surface area (Å²) >= 11 is 6.02. The first-order chi connectivity index (χ1) is 12.6. The molecule has 0 radical (unpaired) electrons. The molecule has 26 heavy (non-hydrogen) atoms. The lowest BCUT2D eigenvalue weighted by atomic mass is 9.88. The minimum Gasteiger partial charge on any atom is -0.337 e. The highest BCUT2D eigenvalue weighted by atomic mass is 35.5. The summed E-state index contributed by atoms with van der Waals surface area (Å²) in [5.74, 6) is 1.45. The predicted octanol–water partition coefficient (Wildman–Crippen LogP) is 4.98. The summed E-state index contributed by atoms with van der Waals surface area (Å²) in [6, 6.07) is 7.94. The second-order valence-corrected chi connectivity index (χ2v) is 8.68. The Kier molecular flexibility index (Phi) is 7.39. The monoisotopic (exact) mass is 376 g/mol. The van der Waals surface area contributed by atoms with E-state index in [9.17, 15) is 4.79 Å². The first kappa shape index (κ1) is 19.7. The fraction of sp³-hybridized carbons (Fsp3) is 0.682. The zero-order chi connectivity index (χ0) is 18.4. The number of hydrogen-bond donors (Lipinski definition) is 0. The molecule has 0 atom stereocenters. The second kappa shape index (κ2) is 9.75. The van der Waals surface area contributed by atoms with Crippen molar-refractivity contribution < 1.29 is 4.79 Å². The van der Waals surface area contributed by atoms with Crippen molar-refractivity contribution in [2.75, 3.05) is 26.2 Å². The van der Waals surface area contributed by atoms with E-state index >= 15 is 0 Å². The number of hydrogen-bond acceptors (Lipinski definition) is 2. The van der Waals surface area contributed by atoms with Gasteiger partial charge >= 0.3 is 0 Å². The molecule has 144 valence electrons. The van der Waals surface area contributed by atoms with Gasteiger partial charge in [-0.2, -0.15) is 0 Å². The van der Waals surface area contributed by atoms with Crippen LogP contribution < -0.4 is 0 Å². The Morgan fingerprint density at radius 3 is 2.38 bits per heavy atom. The number of likely N-dealkylation sites (tertiary alicyclic amines) is 1. The third kappa shape index (κ3) is 5.72. The highest BCUT2D eigenvalue weighted by Gasteiger charge is 2.26. The first-order valence-corrected chi connectivity index (χ1v) is 10.7. The minimum atomic E-state index is 0.234. The van der Waals surface area contributed by atoms with E-state index in [-0.39, 0.29) is 5.92 Å². The van der Waals surface area contributed by atoms with Gasteiger partial charge < -0.3 is 9.80 Å². The van der Waals surface area contributed by atoms with Crippen LogP contribution in [-0.4, -0.2) is 41.9 Å². The summed E-state index contributed by atoms with van der Waals surface area (Å²) in [4.78, 5) is 17.8. The first-order valence-electron chi connectivity index (χ1n) is 10.4. The van der Waals surface area contributed by atoms with Crippen molar-refractivity contribution in [3.05, 3.63) is 34.9 Å². The fourth-order valence-electron chi connectivity index (χ4n) is 4.23. The zero-order valence-corrected chi connectivity index (χ0v) is 16.9. The van der Waals surface area contributed by atoms with Crippen LogP contribution in [0.4, 0.5) is 0 Å². The van der Waals surface area contributed by atoms with Gasteiger partial charge in [-0.05, 0) is 62.4 Å². The molecule has 1 aliphatic heterocycles. The highest BCUT2D eigenvalue weighted by Crippen LogP contribution is 2.26. The molecule has 1 amide bonds. The number of piperidine rings is 1. The molecule has 1 heterocycles. The molecule has 4 heteroatoms. The molecule has 1 aliphatic carbocycles. The van der Waals surface area contributed by atoms with Crippen molar-refractivity contribution >= 4 is 17.5 Å². The maximum Gasteiger partial charge on any atom is 0.226 e. The highest BCUT2D eigenvalue weighted by molar-refractivity contribution is 6.30. The van der Waals surface area contributed by atoms with E-state index in [0.717, 1.165) is 36.9 Å². The lowest BCUT2D eigenvalue weighted by Gasteiger charge is -2.34. The molecule has 2 aliphatic rings. The van der Waals surface area contributed by atoms with Crippen LogP contribution in [0.2, 0.25) is 5.02 Å². The lowest BCUT2D eigenvalue weighted by molar-refractivity contribution is -0.137. The minimum absolute atomic E-state index is 0.234. The van der Waals surface area contributed by atoms with Crippen molar-refractivity contribution in [3.63, 3.8) is 0 Å². The summed E-state index contributed by atoms with van der Waals surface area (Å²) in [6.45, 7) is 7.24. The Balaban J connectivity index is 1.61. The number of rotatable bonds is 6. The number of benzene rings is 1. The Bertz CT molecular complexity index is 560. The quantitative estimate of drug-likeness (QED) is 0.698. The smallest absolute Gasteiger partial charge is 0.226 e. The van der Waals surface area contributed by atoms with Gasteiger partial charge in [-0.3, -0.25) is 4.79 Å². The topological polar surface area (TPSA) is 23.6 Å². The molecule has 0 aromatic heterocycles. The average molecular weight is 377 g/mol. The van der Waals surface area contributed by atoms with Gasteiger partial charge in [0.1, 0.15) is 0 Å². The van der Waals surface area contributed by atoms with Crippen LogP contribution in [0.25, 0.3) is 0 Å². The number of nitrogens with zero attached hydrogens (tertiary/aromatic N) is 2. The van der Waals surface area contributed by atoms with Gasteiger partial charge in [0.2, 0.25) is 5.91 Å². The zero-order valence-electron chi connectivity index (χ0n) is 16.1.